The maximum Gasteiger partial charge on any atom is 0.228 e. The van der Waals surface area contributed by atoms with E-state index in [1.54, 1.807) is 0 Å². The molecule has 8 nitrogen and oxygen atoms in total. The van der Waals surface area contributed by atoms with Crippen LogP contribution >= 0.6 is 0 Å². The number of aryl methyl sites for hydroxylation is 1. The van der Waals surface area contributed by atoms with E-state index in [9.17, 15) is 4.79 Å². The van der Waals surface area contributed by atoms with Gasteiger partial charge in [0.05, 0.1) is 12.5 Å². The van der Waals surface area contributed by atoms with Gasteiger partial charge in [-0.3, -0.25) is 4.79 Å². The van der Waals surface area contributed by atoms with Crippen molar-refractivity contribution in [3.05, 3.63) is 36.0 Å². The van der Waals surface area contributed by atoms with Crippen molar-refractivity contribution in [3.8, 4) is 0 Å². The molecule has 2 aromatic heterocycles. The number of aromatic nitrogens is 3. The van der Waals surface area contributed by atoms with Crippen molar-refractivity contribution >= 4 is 23.4 Å². The lowest BCUT2D eigenvalue weighted by Gasteiger charge is -2.36. The molecule has 142 valence electrons. The van der Waals surface area contributed by atoms with Crippen LogP contribution < -0.4 is 10.2 Å². The molecule has 2 aromatic rings. The summed E-state index contributed by atoms with van der Waals surface area (Å²) in [4.78, 5) is 20.9. The topological polar surface area (TPSA) is 83.5 Å². The predicted molar refractivity (Wildman–Crippen MR) is 102 cm³/mol. The highest BCUT2D eigenvalue weighted by atomic mass is 16.5. The molecular weight excluding hydrogens is 344 g/mol. The molecule has 1 atom stereocenters. The molecule has 2 saturated heterocycles. The third-order valence-electron chi connectivity index (χ3n) is 5.01. The first-order chi connectivity index (χ1) is 13.2. The Bertz CT molecular complexity index is 766. The lowest BCUT2D eigenvalue weighted by molar-refractivity contribution is -0.135. The normalized spacial score (nSPS) is 20.0. The molecule has 0 aliphatic carbocycles. The molecule has 1 N–H and O–H groups in total. The molecule has 1 unspecified atom stereocenters. The van der Waals surface area contributed by atoms with Crippen molar-refractivity contribution in [2.75, 3.05) is 49.6 Å². The molecule has 2 aliphatic heterocycles. The van der Waals surface area contributed by atoms with E-state index in [0.717, 1.165) is 36.7 Å². The largest absolute Gasteiger partial charge is 0.381 e. The zero-order valence-electron chi connectivity index (χ0n) is 15.5. The number of nitrogens with zero attached hydrogens (tertiary/aromatic N) is 5. The van der Waals surface area contributed by atoms with Crippen molar-refractivity contribution in [2.24, 2.45) is 5.92 Å². The minimum atomic E-state index is 0.0390. The first kappa shape index (κ1) is 17.7. The summed E-state index contributed by atoms with van der Waals surface area (Å²) < 4.78 is 5.33. The summed E-state index contributed by atoms with van der Waals surface area (Å²) in [6.07, 6.45) is 2.65. The summed E-state index contributed by atoms with van der Waals surface area (Å²) in [7, 11) is 0. The summed E-state index contributed by atoms with van der Waals surface area (Å²) >= 11 is 0. The molecule has 0 bridgehead atoms. The average Bonchev–Trinajstić information content (AvgIpc) is 3.25. The van der Waals surface area contributed by atoms with Crippen LogP contribution in [-0.4, -0.2) is 65.4 Å². The number of hydrogen-bond donors (Lipinski definition) is 1. The summed E-state index contributed by atoms with van der Waals surface area (Å²) in [5.41, 5.74) is 1.11. The van der Waals surface area contributed by atoms with Gasteiger partial charge in [-0.15, -0.1) is 10.2 Å². The fraction of sp³-hybridized carbons (Fsp3) is 0.474. The lowest BCUT2D eigenvalue weighted by atomic mass is 10.1. The highest BCUT2D eigenvalue weighted by Gasteiger charge is 2.30. The van der Waals surface area contributed by atoms with Gasteiger partial charge in [0.2, 0.25) is 5.91 Å². The Morgan fingerprint density at radius 2 is 1.93 bits per heavy atom. The Morgan fingerprint density at radius 1 is 1.11 bits per heavy atom. The zero-order chi connectivity index (χ0) is 18.6. The van der Waals surface area contributed by atoms with Crippen LogP contribution in [0.1, 0.15) is 12.0 Å². The number of hydrogen-bond acceptors (Lipinski definition) is 7. The first-order valence-corrected chi connectivity index (χ1v) is 9.34. The minimum absolute atomic E-state index is 0.0390. The second-order valence-corrected chi connectivity index (χ2v) is 7.00. The monoisotopic (exact) mass is 368 g/mol. The molecule has 2 aliphatic rings. The number of amides is 1. The molecule has 0 saturated carbocycles. The van der Waals surface area contributed by atoms with Gasteiger partial charge in [-0.2, -0.15) is 0 Å². The number of rotatable bonds is 4. The number of carbonyl (C=O) groups excluding carboxylic acids is 1. The smallest absolute Gasteiger partial charge is 0.228 e. The number of anilines is 3. The average molecular weight is 368 g/mol. The lowest BCUT2D eigenvalue weighted by Crippen LogP contribution is -2.50. The summed E-state index contributed by atoms with van der Waals surface area (Å²) in [5.74, 6) is 2.49. The van der Waals surface area contributed by atoms with Gasteiger partial charge in [0.15, 0.2) is 11.6 Å². The Labute approximate surface area is 158 Å². The van der Waals surface area contributed by atoms with Crippen molar-refractivity contribution in [2.45, 2.75) is 13.3 Å². The van der Waals surface area contributed by atoms with E-state index in [1.807, 2.05) is 42.3 Å². The molecule has 4 heterocycles. The Hall–Kier alpha value is -2.74. The summed E-state index contributed by atoms with van der Waals surface area (Å²) in [6, 6.07) is 7.76. The van der Waals surface area contributed by atoms with Crippen LogP contribution in [0.2, 0.25) is 0 Å². The van der Waals surface area contributed by atoms with E-state index in [0.29, 0.717) is 32.1 Å². The van der Waals surface area contributed by atoms with Gasteiger partial charge in [-0.25, -0.2) is 4.98 Å². The van der Waals surface area contributed by atoms with Crippen LogP contribution in [0, 0.1) is 12.8 Å². The fourth-order valence-electron chi connectivity index (χ4n) is 3.38. The van der Waals surface area contributed by atoms with Gasteiger partial charge in [-0.1, -0.05) is 6.07 Å². The highest BCUT2D eigenvalue weighted by molar-refractivity contribution is 5.79. The number of nitrogens with one attached hydrogen (secondary N) is 1. The van der Waals surface area contributed by atoms with Gasteiger partial charge in [0, 0.05) is 39.0 Å². The van der Waals surface area contributed by atoms with Crippen LogP contribution in [0.3, 0.4) is 0 Å². The third-order valence-corrected chi connectivity index (χ3v) is 5.01. The molecule has 0 aromatic carbocycles. The number of carbonyl (C=O) groups is 1. The quantitative estimate of drug-likeness (QED) is 0.878. The highest BCUT2D eigenvalue weighted by Crippen LogP contribution is 2.20. The van der Waals surface area contributed by atoms with Gasteiger partial charge in [0.1, 0.15) is 5.82 Å². The van der Waals surface area contributed by atoms with E-state index in [2.05, 4.69) is 25.4 Å². The van der Waals surface area contributed by atoms with E-state index in [-0.39, 0.29) is 11.8 Å². The van der Waals surface area contributed by atoms with E-state index in [4.69, 9.17) is 4.74 Å². The van der Waals surface area contributed by atoms with Gasteiger partial charge < -0.3 is 19.9 Å². The maximum atomic E-state index is 12.5. The van der Waals surface area contributed by atoms with Crippen LogP contribution in [0.25, 0.3) is 0 Å². The second-order valence-electron chi connectivity index (χ2n) is 7.00. The molecule has 2 fully saturated rings. The molecular formula is C19H24N6O2. The second kappa shape index (κ2) is 7.87. The Balaban J connectivity index is 1.32. The number of pyridine rings is 1. The minimum Gasteiger partial charge on any atom is -0.381 e. The maximum absolute atomic E-state index is 12.5. The van der Waals surface area contributed by atoms with Gasteiger partial charge >= 0.3 is 0 Å². The van der Waals surface area contributed by atoms with Crippen LogP contribution in [0.5, 0.6) is 0 Å². The van der Waals surface area contributed by atoms with Crippen molar-refractivity contribution in [1.82, 2.24) is 20.1 Å². The van der Waals surface area contributed by atoms with Crippen LogP contribution in [-0.2, 0) is 9.53 Å². The van der Waals surface area contributed by atoms with Gasteiger partial charge in [0.25, 0.3) is 0 Å². The number of ether oxygens (including phenoxy) is 1. The molecule has 0 spiro atoms. The Kier molecular flexibility index (Phi) is 5.15. The zero-order valence-corrected chi connectivity index (χ0v) is 15.5. The van der Waals surface area contributed by atoms with Crippen molar-refractivity contribution in [1.29, 1.82) is 0 Å². The van der Waals surface area contributed by atoms with Crippen molar-refractivity contribution in [3.63, 3.8) is 0 Å². The SMILES string of the molecule is Cc1ccc(Nc2ccc(N3CCN(C(=O)C4CCOC4)CC3)nn2)nc1. The van der Waals surface area contributed by atoms with Crippen LogP contribution in [0.15, 0.2) is 30.5 Å². The first-order valence-electron chi connectivity index (χ1n) is 9.34. The molecule has 27 heavy (non-hydrogen) atoms. The van der Waals surface area contributed by atoms with Gasteiger partial charge in [-0.05, 0) is 37.1 Å². The summed E-state index contributed by atoms with van der Waals surface area (Å²) in [6.45, 7) is 6.22. The molecule has 1 amide bonds. The predicted octanol–water partition coefficient (Wildman–Crippen LogP) is 1.61. The molecule has 4 rings (SSSR count). The number of piperazine rings is 1. The van der Waals surface area contributed by atoms with E-state index >= 15 is 0 Å². The Morgan fingerprint density at radius 3 is 2.56 bits per heavy atom. The van der Waals surface area contributed by atoms with E-state index in [1.165, 1.54) is 0 Å². The van der Waals surface area contributed by atoms with Crippen molar-refractivity contribution < 1.29 is 9.53 Å². The van der Waals surface area contributed by atoms with E-state index < -0.39 is 0 Å². The summed E-state index contributed by atoms with van der Waals surface area (Å²) in [5, 5.41) is 11.7. The molecule has 0 radical (unpaired) electrons. The third kappa shape index (κ3) is 4.16. The standard InChI is InChI=1S/C19H24N6O2/c1-14-2-3-16(20-12-14)21-17-4-5-18(23-22-17)24-7-9-25(10-8-24)19(26)15-6-11-27-13-15/h2-5,12,15H,6-11,13H2,1H3,(H,20,21,22). The van der Waals surface area contributed by atoms with Crippen LogP contribution in [0.4, 0.5) is 17.5 Å². The molecule has 8 heteroatoms. The fourth-order valence-corrected chi connectivity index (χ4v) is 3.38.